The summed E-state index contributed by atoms with van der Waals surface area (Å²) in [5.74, 6) is -0.438. The molecule has 0 spiro atoms. The SMILES string of the molecule is C=C1C(COC)=C(C(C=O)CC)C=C2c3nc4cc(F)c(C)c5c4c(c3CN12)C(NC)CC5.CC. The summed E-state index contributed by atoms with van der Waals surface area (Å²) in [6.07, 6.45) is 5.52. The molecule has 2 unspecified atom stereocenters. The Kier molecular flexibility index (Phi) is 7.25. The molecule has 1 aliphatic carbocycles. The Morgan fingerprint density at radius 1 is 1.37 bits per heavy atom. The van der Waals surface area contributed by atoms with Crippen molar-refractivity contribution in [2.45, 2.75) is 59.5 Å². The minimum Gasteiger partial charge on any atom is -0.380 e. The highest BCUT2D eigenvalue weighted by atomic mass is 19.1. The van der Waals surface area contributed by atoms with Gasteiger partial charge in [-0.15, -0.1) is 0 Å². The molecule has 35 heavy (non-hydrogen) atoms. The van der Waals surface area contributed by atoms with Crippen molar-refractivity contribution in [3.8, 4) is 0 Å². The number of methoxy groups -OCH3 is 1. The van der Waals surface area contributed by atoms with Gasteiger partial charge >= 0.3 is 0 Å². The van der Waals surface area contributed by atoms with Crippen molar-refractivity contribution in [1.82, 2.24) is 15.2 Å². The molecular weight excluding hydrogens is 441 g/mol. The van der Waals surface area contributed by atoms with Crippen molar-refractivity contribution < 1.29 is 13.9 Å². The summed E-state index contributed by atoms with van der Waals surface area (Å²) in [7, 11) is 3.64. The predicted octanol–water partition coefficient (Wildman–Crippen LogP) is 5.77. The number of benzene rings is 1. The van der Waals surface area contributed by atoms with Crippen molar-refractivity contribution in [1.29, 1.82) is 0 Å². The Bertz CT molecular complexity index is 1260. The zero-order valence-corrected chi connectivity index (χ0v) is 21.7. The van der Waals surface area contributed by atoms with Gasteiger partial charge in [-0.2, -0.15) is 0 Å². The minimum absolute atomic E-state index is 0.182. The fourth-order valence-electron chi connectivity index (χ4n) is 5.79. The van der Waals surface area contributed by atoms with E-state index in [1.165, 1.54) is 11.1 Å². The van der Waals surface area contributed by atoms with Crippen LogP contribution < -0.4 is 5.32 Å². The largest absolute Gasteiger partial charge is 0.380 e. The molecule has 5 rings (SSSR count). The molecule has 2 atom stereocenters. The van der Waals surface area contributed by atoms with Crippen LogP contribution in [0.4, 0.5) is 4.39 Å². The van der Waals surface area contributed by atoms with Crippen LogP contribution in [0.2, 0.25) is 0 Å². The molecule has 1 N–H and O–H groups in total. The zero-order chi connectivity index (χ0) is 25.4. The number of nitrogens with zero attached hydrogens (tertiary/aromatic N) is 2. The van der Waals surface area contributed by atoms with E-state index in [4.69, 9.17) is 9.72 Å². The topological polar surface area (TPSA) is 54.5 Å². The standard InChI is InChI=1S/C27H30FN3O2.C2H6/c1-6-16(12-32)18-9-24-27-19(11-31(24)15(3)20(18)13-33-5)26-22(29-4)8-7-17-14(2)21(28)10-23(30-27)25(17)26;1-2/h9-10,12,16,22,29H,3,6-8,11,13H2,1-2,4-5H3;1-2H3. The molecule has 0 fully saturated rings. The lowest BCUT2D eigenvalue weighted by Gasteiger charge is -2.31. The molecule has 186 valence electrons. The predicted molar refractivity (Wildman–Crippen MR) is 139 cm³/mol. The van der Waals surface area contributed by atoms with Crippen LogP contribution in [0, 0.1) is 18.7 Å². The van der Waals surface area contributed by atoms with Gasteiger partial charge in [-0.25, -0.2) is 9.37 Å². The lowest BCUT2D eigenvalue weighted by molar-refractivity contribution is -0.110. The van der Waals surface area contributed by atoms with Crippen LogP contribution in [0.1, 0.15) is 67.6 Å². The number of hydrogen-bond donors (Lipinski definition) is 1. The van der Waals surface area contributed by atoms with Gasteiger partial charge in [0.05, 0.1) is 30.1 Å². The van der Waals surface area contributed by atoms with Crippen LogP contribution in [0.15, 0.2) is 35.6 Å². The molecule has 0 radical (unpaired) electrons. The van der Waals surface area contributed by atoms with Crippen LogP contribution in [-0.4, -0.2) is 36.9 Å². The second kappa shape index (κ2) is 10.0. The number of pyridine rings is 1. The highest BCUT2D eigenvalue weighted by Crippen LogP contribution is 2.48. The first-order chi connectivity index (χ1) is 16.9. The van der Waals surface area contributed by atoms with E-state index in [9.17, 15) is 9.18 Å². The van der Waals surface area contributed by atoms with Crippen molar-refractivity contribution in [2.75, 3.05) is 20.8 Å². The Labute approximate surface area is 207 Å². The smallest absolute Gasteiger partial charge is 0.128 e. The van der Waals surface area contributed by atoms with E-state index < -0.39 is 0 Å². The van der Waals surface area contributed by atoms with E-state index in [-0.39, 0.29) is 17.8 Å². The van der Waals surface area contributed by atoms with Gasteiger partial charge in [0.15, 0.2) is 0 Å². The van der Waals surface area contributed by atoms with E-state index >= 15 is 0 Å². The number of nitrogens with one attached hydrogen (secondary N) is 1. The van der Waals surface area contributed by atoms with Gasteiger partial charge in [-0.1, -0.05) is 27.4 Å². The molecule has 0 bridgehead atoms. The summed E-state index contributed by atoms with van der Waals surface area (Å²) in [5.41, 5.74) is 9.43. The fourth-order valence-corrected chi connectivity index (χ4v) is 5.79. The third kappa shape index (κ3) is 3.83. The molecule has 2 aromatic rings. The van der Waals surface area contributed by atoms with Crippen LogP contribution in [0.5, 0.6) is 0 Å². The lowest BCUT2D eigenvalue weighted by Crippen LogP contribution is -2.25. The molecule has 6 heteroatoms. The van der Waals surface area contributed by atoms with Crippen molar-refractivity contribution in [2.24, 2.45) is 5.92 Å². The Morgan fingerprint density at radius 3 is 2.74 bits per heavy atom. The quantitative estimate of drug-likeness (QED) is 0.536. The summed E-state index contributed by atoms with van der Waals surface area (Å²) in [4.78, 5) is 19.1. The molecule has 3 aliphatic rings. The zero-order valence-electron chi connectivity index (χ0n) is 21.7. The number of carbonyl (C=O) groups is 1. The van der Waals surface area contributed by atoms with E-state index in [1.54, 1.807) is 13.2 Å². The number of fused-ring (bicyclic) bond motifs is 4. The monoisotopic (exact) mass is 477 g/mol. The maximum Gasteiger partial charge on any atom is 0.128 e. The summed E-state index contributed by atoms with van der Waals surface area (Å²) in [6.45, 7) is 13.3. The number of aromatic nitrogens is 1. The molecular formula is C29H36FN3O2. The normalized spacial score (nSPS) is 19.2. The molecule has 0 amide bonds. The van der Waals surface area contributed by atoms with Crippen molar-refractivity contribution in [3.05, 3.63) is 69.3 Å². The van der Waals surface area contributed by atoms with Crippen LogP contribution in [0.25, 0.3) is 16.6 Å². The van der Waals surface area contributed by atoms with Gasteiger partial charge in [-0.3, -0.25) is 0 Å². The van der Waals surface area contributed by atoms with Gasteiger partial charge < -0.3 is 19.7 Å². The van der Waals surface area contributed by atoms with Crippen molar-refractivity contribution in [3.63, 3.8) is 0 Å². The van der Waals surface area contributed by atoms with Gasteiger partial charge in [-0.05, 0) is 61.6 Å². The van der Waals surface area contributed by atoms with E-state index in [0.29, 0.717) is 25.1 Å². The second-order valence-electron chi connectivity index (χ2n) is 9.17. The summed E-state index contributed by atoms with van der Waals surface area (Å²) < 4.78 is 20.3. The summed E-state index contributed by atoms with van der Waals surface area (Å²) >= 11 is 0. The minimum atomic E-state index is -0.235. The van der Waals surface area contributed by atoms with Crippen LogP contribution in [-0.2, 0) is 22.5 Å². The van der Waals surface area contributed by atoms with E-state index in [0.717, 1.165) is 63.9 Å². The Balaban J connectivity index is 0.00000141. The van der Waals surface area contributed by atoms with Gasteiger partial charge in [0, 0.05) is 47.4 Å². The average molecular weight is 478 g/mol. The number of rotatable bonds is 6. The first kappa shape index (κ1) is 25.3. The highest BCUT2D eigenvalue weighted by molar-refractivity contribution is 5.93. The van der Waals surface area contributed by atoms with Crippen LogP contribution >= 0.6 is 0 Å². The number of carbonyl (C=O) groups excluding carboxylic acids is 1. The number of hydrogen-bond acceptors (Lipinski definition) is 5. The molecule has 1 aromatic heterocycles. The Hall–Kier alpha value is -2.83. The average Bonchev–Trinajstić information content (AvgIpc) is 3.25. The third-order valence-electron chi connectivity index (χ3n) is 7.58. The molecule has 0 saturated carbocycles. The molecule has 2 aliphatic heterocycles. The molecule has 3 heterocycles. The fraction of sp³-hybridized carbons (Fsp3) is 0.448. The molecule has 1 aromatic carbocycles. The first-order valence-corrected chi connectivity index (χ1v) is 12.6. The third-order valence-corrected chi connectivity index (χ3v) is 7.58. The van der Waals surface area contributed by atoms with E-state index in [1.807, 2.05) is 34.7 Å². The van der Waals surface area contributed by atoms with Gasteiger partial charge in [0.25, 0.3) is 0 Å². The Morgan fingerprint density at radius 2 is 2.11 bits per heavy atom. The molecule has 0 saturated heterocycles. The van der Waals surface area contributed by atoms with Crippen LogP contribution in [0.3, 0.4) is 0 Å². The maximum atomic E-state index is 14.8. The first-order valence-electron chi connectivity index (χ1n) is 12.6. The number of aryl methyl sites for hydroxylation is 1. The van der Waals surface area contributed by atoms with Gasteiger partial charge in [0.1, 0.15) is 12.1 Å². The summed E-state index contributed by atoms with van der Waals surface area (Å²) in [5, 5.41) is 4.57. The lowest BCUT2D eigenvalue weighted by atomic mass is 9.82. The van der Waals surface area contributed by atoms with E-state index in [2.05, 4.69) is 22.9 Å². The molecule has 5 nitrogen and oxygen atoms in total. The number of halogens is 1. The van der Waals surface area contributed by atoms with Crippen molar-refractivity contribution >= 4 is 22.9 Å². The second-order valence-corrected chi connectivity index (χ2v) is 9.17. The number of ether oxygens (including phenoxy) is 1. The van der Waals surface area contributed by atoms with Gasteiger partial charge in [0.2, 0.25) is 0 Å². The number of allylic oxidation sites excluding steroid dienone is 2. The highest BCUT2D eigenvalue weighted by Gasteiger charge is 2.38. The maximum absolute atomic E-state index is 14.8. The summed E-state index contributed by atoms with van der Waals surface area (Å²) in [6, 6.07) is 1.76. The number of aldehydes is 1.